The van der Waals surface area contributed by atoms with Crippen molar-refractivity contribution in [1.82, 2.24) is 20.9 Å². The first-order valence-corrected chi connectivity index (χ1v) is 15.3. The van der Waals surface area contributed by atoms with Gasteiger partial charge in [-0.25, -0.2) is 0 Å². The number of benzene rings is 1. The number of ketones is 1. The Morgan fingerprint density at radius 3 is 2.32 bits per heavy atom. The number of Topliss-reactive ketones (excluding diaryl/α,β-unsaturated/α-hetero) is 1. The lowest BCUT2D eigenvalue weighted by Crippen LogP contribution is -2.56. The van der Waals surface area contributed by atoms with Gasteiger partial charge in [-0.2, -0.15) is 0 Å². The second-order valence-corrected chi connectivity index (χ2v) is 11.7. The number of nitrogens with zero attached hydrogens (tertiary/aromatic N) is 1. The summed E-state index contributed by atoms with van der Waals surface area (Å²) in [6.07, 6.45) is 5.43. The van der Waals surface area contributed by atoms with Crippen LogP contribution < -0.4 is 20.7 Å². The molecule has 2 saturated heterocycles. The van der Waals surface area contributed by atoms with E-state index in [9.17, 15) is 24.3 Å². The van der Waals surface area contributed by atoms with Crippen molar-refractivity contribution in [2.45, 2.75) is 76.7 Å². The number of amides is 3. The van der Waals surface area contributed by atoms with Crippen LogP contribution in [0.25, 0.3) is 0 Å². The maximum atomic E-state index is 12.9. The van der Waals surface area contributed by atoms with Gasteiger partial charge in [0.05, 0.1) is 52.2 Å². The van der Waals surface area contributed by atoms with Crippen molar-refractivity contribution in [2.24, 2.45) is 0 Å². The summed E-state index contributed by atoms with van der Waals surface area (Å²) >= 11 is 0. The predicted octanol–water partition coefficient (Wildman–Crippen LogP) is 1.04. The van der Waals surface area contributed by atoms with Crippen LogP contribution in [0.5, 0.6) is 5.75 Å². The summed E-state index contributed by atoms with van der Waals surface area (Å²) in [7, 11) is 1.67. The number of carbonyl (C=O) groups excluding carboxylic acids is 4. The van der Waals surface area contributed by atoms with Gasteiger partial charge in [-0.05, 0) is 65.0 Å². The largest absolute Gasteiger partial charge is 0.497 e. The van der Waals surface area contributed by atoms with Crippen LogP contribution in [0.15, 0.2) is 35.9 Å². The third-order valence-corrected chi connectivity index (χ3v) is 7.83. The molecular weight excluding hydrogens is 568 g/mol. The second kappa shape index (κ2) is 17.2. The first-order valence-electron chi connectivity index (χ1n) is 15.3. The van der Waals surface area contributed by atoms with E-state index in [1.165, 1.54) is 12.5 Å². The Morgan fingerprint density at radius 1 is 1.07 bits per heavy atom. The van der Waals surface area contributed by atoms with Crippen molar-refractivity contribution in [1.29, 1.82) is 0 Å². The molecule has 1 aromatic carbocycles. The van der Waals surface area contributed by atoms with E-state index in [-0.39, 0.29) is 18.9 Å². The lowest BCUT2D eigenvalue weighted by atomic mass is 9.90. The third-order valence-electron chi connectivity index (χ3n) is 7.83. The number of rotatable bonds is 13. The van der Waals surface area contributed by atoms with E-state index < -0.39 is 41.5 Å². The first kappa shape index (κ1) is 35.2. The Bertz CT molecular complexity index is 1140. The number of hydrogen-bond acceptors (Lipinski definition) is 9. The highest BCUT2D eigenvalue weighted by molar-refractivity contribution is 5.97. The molecule has 1 aliphatic carbocycles. The molecule has 2 heterocycles. The summed E-state index contributed by atoms with van der Waals surface area (Å²) in [5, 5.41) is 17.8. The van der Waals surface area contributed by atoms with Gasteiger partial charge in [-0.3, -0.25) is 24.1 Å². The first-order chi connectivity index (χ1) is 21.0. The summed E-state index contributed by atoms with van der Waals surface area (Å²) in [5.74, 6) is -0.870. The molecule has 3 amide bonds. The number of carbonyl (C=O) groups is 4. The minimum Gasteiger partial charge on any atom is -0.497 e. The van der Waals surface area contributed by atoms with Crippen molar-refractivity contribution in [3.8, 4) is 5.75 Å². The van der Waals surface area contributed by atoms with Crippen LogP contribution in [0.4, 0.5) is 0 Å². The molecule has 0 saturated carbocycles. The van der Waals surface area contributed by atoms with Crippen LogP contribution in [0.2, 0.25) is 0 Å². The lowest BCUT2D eigenvalue weighted by Gasteiger charge is -2.27. The van der Waals surface area contributed by atoms with Gasteiger partial charge in [-0.15, -0.1) is 0 Å². The highest BCUT2D eigenvalue weighted by Crippen LogP contribution is 2.31. The van der Waals surface area contributed by atoms with E-state index in [0.29, 0.717) is 39.3 Å². The van der Waals surface area contributed by atoms with Gasteiger partial charge < -0.3 is 35.3 Å². The van der Waals surface area contributed by atoms with E-state index in [4.69, 9.17) is 14.2 Å². The number of ether oxygens (including phenoxy) is 3. The molecule has 2 fully saturated rings. The van der Waals surface area contributed by atoms with Gasteiger partial charge in [-0.1, -0.05) is 29.3 Å². The Kier molecular flexibility index (Phi) is 13.8. The molecule has 0 spiro atoms. The fourth-order valence-electron chi connectivity index (χ4n) is 4.96. The normalized spacial score (nSPS) is 21.7. The molecule has 2 aliphatic heterocycles. The summed E-state index contributed by atoms with van der Waals surface area (Å²) in [6.45, 7) is 7.47. The Morgan fingerprint density at radius 2 is 1.75 bits per heavy atom. The lowest BCUT2D eigenvalue weighted by molar-refractivity contribution is -0.134. The number of methoxy groups -OCH3 is 1. The number of hydrogen-bond donors (Lipinski definition) is 4. The molecular formula is C32H48N4O8. The van der Waals surface area contributed by atoms with E-state index in [1.807, 2.05) is 29.2 Å². The highest BCUT2D eigenvalue weighted by atomic mass is 16.6. The number of nitrogens with one attached hydrogen (secondary N) is 3. The van der Waals surface area contributed by atoms with E-state index in [1.54, 1.807) is 14.0 Å². The smallest absolute Gasteiger partial charge is 0.245 e. The zero-order valence-corrected chi connectivity index (χ0v) is 26.4. The SMILES string of the molecule is CC(O)C(NC(=O)CN1CCOCC1)C(=O)NCC(=O)NC(CC1=CCCCC1)C(=O)C1(C)CO1.COc1ccc(C)cc1. The molecule has 4 unspecified atom stereocenters. The van der Waals surface area contributed by atoms with Crippen LogP contribution in [-0.2, 0) is 28.7 Å². The molecule has 44 heavy (non-hydrogen) atoms. The van der Waals surface area contributed by atoms with E-state index in [0.717, 1.165) is 37.0 Å². The average molecular weight is 617 g/mol. The standard InChI is InChI=1S/C24H38N4O7.C8H10O/c1-16(29)21(27-20(31)14-28-8-10-34-11-9-28)23(33)25-13-19(30)26-18(22(32)24(2)15-35-24)12-17-6-4-3-5-7-17;1-7-3-5-8(9-2)6-4-7/h6,16,18,21,29H,3-5,7-15H2,1-2H3,(H,25,33)(H,26,30)(H,27,31);3-6H,1-2H3. The van der Waals surface area contributed by atoms with Crippen molar-refractivity contribution < 1.29 is 38.5 Å². The summed E-state index contributed by atoms with van der Waals surface area (Å²) < 4.78 is 15.5. The van der Waals surface area contributed by atoms with Gasteiger partial charge in [0.25, 0.3) is 0 Å². The van der Waals surface area contributed by atoms with Gasteiger partial charge >= 0.3 is 0 Å². The predicted molar refractivity (Wildman–Crippen MR) is 164 cm³/mol. The molecule has 0 aromatic heterocycles. The van der Waals surface area contributed by atoms with Gasteiger partial charge in [0.2, 0.25) is 17.7 Å². The minimum absolute atomic E-state index is 0.0842. The van der Waals surface area contributed by atoms with Gasteiger partial charge in [0.15, 0.2) is 5.78 Å². The number of morpholine rings is 1. The highest BCUT2D eigenvalue weighted by Gasteiger charge is 2.50. The quantitative estimate of drug-likeness (QED) is 0.188. The molecule has 4 rings (SSSR count). The maximum Gasteiger partial charge on any atom is 0.245 e. The molecule has 12 heteroatoms. The molecule has 1 aromatic rings. The molecule has 4 N–H and O–H groups in total. The number of aliphatic hydroxyl groups excluding tert-OH is 1. The Hall–Kier alpha value is -3.32. The molecule has 4 atom stereocenters. The Balaban J connectivity index is 0.000000502. The molecule has 12 nitrogen and oxygen atoms in total. The van der Waals surface area contributed by atoms with Crippen molar-refractivity contribution in [3.05, 3.63) is 41.5 Å². The number of aryl methyl sites for hydroxylation is 1. The molecule has 3 aliphatic rings. The molecule has 0 radical (unpaired) electrons. The number of aliphatic hydroxyl groups is 1. The van der Waals surface area contributed by atoms with Gasteiger partial charge in [0, 0.05) is 13.1 Å². The second-order valence-electron chi connectivity index (χ2n) is 11.7. The third kappa shape index (κ3) is 11.6. The summed E-state index contributed by atoms with van der Waals surface area (Å²) in [4.78, 5) is 52.4. The van der Waals surface area contributed by atoms with Crippen molar-refractivity contribution in [2.75, 3.05) is 53.1 Å². The van der Waals surface area contributed by atoms with Crippen LogP contribution in [-0.4, -0.2) is 110 Å². The minimum atomic E-state index is -1.21. The van der Waals surface area contributed by atoms with Gasteiger partial charge in [0.1, 0.15) is 17.4 Å². The number of allylic oxidation sites excluding steroid dienone is 1. The van der Waals surface area contributed by atoms with E-state index >= 15 is 0 Å². The Labute approximate surface area is 259 Å². The van der Waals surface area contributed by atoms with Crippen LogP contribution in [0, 0.1) is 6.92 Å². The maximum absolute atomic E-state index is 12.9. The van der Waals surface area contributed by atoms with Crippen LogP contribution >= 0.6 is 0 Å². The van der Waals surface area contributed by atoms with Crippen LogP contribution in [0.1, 0.15) is 51.5 Å². The summed E-state index contributed by atoms with van der Waals surface area (Å²) in [5.41, 5.74) is 1.52. The average Bonchev–Trinajstić information content (AvgIpc) is 3.77. The molecule has 0 bridgehead atoms. The monoisotopic (exact) mass is 616 g/mol. The number of epoxide rings is 1. The fourth-order valence-corrected chi connectivity index (χ4v) is 4.96. The van der Waals surface area contributed by atoms with Crippen LogP contribution in [0.3, 0.4) is 0 Å². The zero-order chi connectivity index (χ0) is 32.1. The summed E-state index contributed by atoms with van der Waals surface area (Å²) in [6, 6.07) is 6.01. The fraction of sp³-hybridized carbons (Fsp3) is 0.625. The van der Waals surface area contributed by atoms with E-state index in [2.05, 4.69) is 29.0 Å². The molecule has 244 valence electrons. The van der Waals surface area contributed by atoms with Crippen molar-refractivity contribution >= 4 is 23.5 Å². The zero-order valence-electron chi connectivity index (χ0n) is 26.4. The van der Waals surface area contributed by atoms with Crippen molar-refractivity contribution in [3.63, 3.8) is 0 Å². The topological polar surface area (TPSA) is 159 Å².